The molecule has 0 unspecified atom stereocenters. The minimum absolute atomic E-state index is 0.0457. The molecule has 0 aliphatic rings. The summed E-state index contributed by atoms with van der Waals surface area (Å²) in [5, 5.41) is 1.86. The molecule has 1 amide bonds. The second-order valence-corrected chi connectivity index (χ2v) is 7.15. The van der Waals surface area contributed by atoms with Crippen molar-refractivity contribution in [2.24, 2.45) is 5.73 Å². The number of nitrogens with two attached hydrogens (primary N) is 1. The molecule has 152 valence electrons. The highest BCUT2D eigenvalue weighted by atomic mass is 35.5. The second-order valence-electron chi connectivity index (χ2n) is 5.90. The van der Waals surface area contributed by atoms with Gasteiger partial charge in [0.05, 0.1) is 23.4 Å². The lowest BCUT2D eigenvalue weighted by Gasteiger charge is -2.13. The van der Waals surface area contributed by atoms with Gasteiger partial charge in [0.25, 0.3) is 11.5 Å². The van der Waals surface area contributed by atoms with Crippen LogP contribution in [0.1, 0.15) is 21.7 Å². The van der Waals surface area contributed by atoms with Crippen LogP contribution in [0.25, 0.3) is 4.96 Å². The molecule has 0 saturated carbocycles. The van der Waals surface area contributed by atoms with Crippen molar-refractivity contribution >= 4 is 39.8 Å². The van der Waals surface area contributed by atoms with E-state index in [1.807, 2.05) is 5.38 Å². The van der Waals surface area contributed by atoms with Gasteiger partial charge in [0.15, 0.2) is 23.1 Å². The fraction of sp³-hybridized carbons (Fsp3) is 0.222. The number of carbonyl (C=O) groups excluding carboxylic acids is 2. The van der Waals surface area contributed by atoms with E-state index < -0.39 is 18.5 Å². The number of carbonyl (C=O) groups is 2. The minimum Gasteiger partial charge on any atom is -0.493 e. The lowest BCUT2D eigenvalue weighted by atomic mass is 10.2. The second kappa shape index (κ2) is 8.50. The highest BCUT2D eigenvalue weighted by molar-refractivity contribution is 7.15. The highest BCUT2D eigenvalue weighted by Crippen LogP contribution is 2.36. The Kier molecular flexibility index (Phi) is 6.04. The van der Waals surface area contributed by atoms with Crippen LogP contribution in [-0.4, -0.2) is 35.0 Å². The van der Waals surface area contributed by atoms with Crippen molar-refractivity contribution in [3.8, 4) is 11.5 Å². The maximum atomic E-state index is 12.4. The number of nitrogens with zero attached hydrogens (tertiary/aromatic N) is 2. The number of benzene rings is 1. The van der Waals surface area contributed by atoms with E-state index in [0.29, 0.717) is 10.7 Å². The van der Waals surface area contributed by atoms with Gasteiger partial charge in [-0.15, -0.1) is 11.3 Å². The Hall–Kier alpha value is -3.11. The van der Waals surface area contributed by atoms with Crippen molar-refractivity contribution in [1.29, 1.82) is 0 Å². The lowest BCUT2D eigenvalue weighted by molar-refractivity contribution is -0.119. The standard InChI is InChI=1S/C18H16ClN3O6S/c1-9-8-29-18-21-11(5-15(24)22(9)18)6-28-17(25)10-3-12(19)16(13(4-10)26-2)27-7-14(20)23/h3-5,8H,6-7H2,1-2H3,(H2,20,23). The van der Waals surface area contributed by atoms with E-state index in [0.717, 1.165) is 5.69 Å². The van der Waals surface area contributed by atoms with E-state index in [2.05, 4.69) is 4.98 Å². The summed E-state index contributed by atoms with van der Waals surface area (Å²) < 4.78 is 17.1. The number of amides is 1. The zero-order chi connectivity index (χ0) is 21.1. The number of primary amides is 1. The Morgan fingerprint density at radius 2 is 2.07 bits per heavy atom. The van der Waals surface area contributed by atoms with Crippen molar-refractivity contribution in [2.45, 2.75) is 13.5 Å². The largest absolute Gasteiger partial charge is 0.493 e. The van der Waals surface area contributed by atoms with Gasteiger partial charge in [0, 0.05) is 17.1 Å². The van der Waals surface area contributed by atoms with E-state index in [9.17, 15) is 14.4 Å². The molecule has 1 aromatic carbocycles. The third-order valence-electron chi connectivity index (χ3n) is 3.80. The number of esters is 1. The molecule has 0 bridgehead atoms. The molecule has 0 radical (unpaired) electrons. The number of ether oxygens (including phenoxy) is 3. The number of halogens is 1. The molecule has 0 aliphatic carbocycles. The molecule has 2 heterocycles. The van der Waals surface area contributed by atoms with Crippen LogP contribution in [-0.2, 0) is 16.1 Å². The first kappa shape index (κ1) is 20.6. The summed E-state index contributed by atoms with van der Waals surface area (Å²) in [6.45, 7) is 1.22. The summed E-state index contributed by atoms with van der Waals surface area (Å²) in [5.41, 5.74) is 6.01. The molecule has 3 rings (SSSR count). The van der Waals surface area contributed by atoms with Crippen molar-refractivity contribution < 1.29 is 23.8 Å². The van der Waals surface area contributed by atoms with Crippen LogP contribution < -0.4 is 20.8 Å². The number of fused-ring (bicyclic) bond motifs is 1. The predicted molar refractivity (Wildman–Crippen MR) is 106 cm³/mol. The summed E-state index contributed by atoms with van der Waals surface area (Å²) in [4.78, 5) is 40.3. The Morgan fingerprint density at radius 3 is 2.76 bits per heavy atom. The molecular formula is C18H16ClN3O6S. The molecule has 3 aromatic rings. The molecule has 29 heavy (non-hydrogen) atoms. The highest BCUT2D eigenvalue weighted by Gasteiger charge is 2.18. The van der Waals surface area contributed by atoms with Gasteiger partial charge in [-0.2, -0.15) is 0 Å². The van der Waals surface area contributed by atoms with E-state index in [-0.39, 0.29) is 34.3 Å². The SMILES string of the molecule is COc1cc(C(=O)OCc2cc(=O)n3c(C)csc3n2)cc(Cl)c1OCC(N)=O. The predicted octanol–water partition coefficient (Wildman–Crippen LogP) is 1.95. The van der Waals surface area contributed by atoms with E-state index in [1.165, 1.54) is 41.0 Å². The first-order valence-electron chi connectivity index (χ1n) is 8.22. The Morgan fingerprint density at radius 1 is 1.31 bits per heavy atom. The molecule has 11 heteroatoms. The molecule has 0 fully saturated rings. The molecule has 0 aliphatic heterocycles. The first-order valence-corrected chi connectivity index (χ1v) is 9.48. The van der Waals surface area contributed by atoms with Gasteiger partial charge >= 0.3 is 5.97 Å². The van der Waals surface area contributed by atoms with Gasteiger partial charge < -0.3 is 19.9 Å². The zero-order valence-electron chi connectivity index (χ0n) is 15.4. The summed E-state index contributed by atoms with van der Waals surface area (Å²) in [7, 11) is 1.35. The van der Waals surface area contributed by atoms with Gasteiger partial charge in [0.2, 0.25) is 0 Å². The molecule has 0 spiro atoms. The van der Waals surface area contributed by atoms with Gasteiger partial charge in [-0.1, -0.05) is 11.6 Å². The van der Waals surface area contributed by atoms with E-state index in [4.69, 9.17) is 31.5 Å². The average Bonchev–Trinajstić information content (AvgIpc) is 3.05. The average molecular weight is 438 g/mol. The molecule has 2 aromatic heterocycles. The Labute approximate surface area is 173 Å². The van der Waals surface area contributed by atoms with Crippen LogP contribution in [0.15, 0.2) is 28.4 Å². The van der Waals surface area contributed by atoms with Crippen LogP contribution in [0.2, 0.25) is 5.02 Å². The van der Waals surface area contributed by atoms with Gasteiger partial charge in [-0.3, -0.25) is 14.0 Å². The van der Waals surface area contributed by atoms with Crippen molar-refractivity contribution in [3.05, 3.63) is 55.9 Å². The third-order valence-corrected chi connectivity index (χ3v) is 5.03. The number of thiazole rings is 1. The molecule has 9 nitrogen and oxygen atoms in total. The molecular weight excluding hydrogens is 422 g/mol. The van der Waals surface area contributed by atoms with Crippen LogP contribution in [0.3, 0.4) is 0 Å². The summed E-state index contributed by atoms with van der Waals surface area (Å²) in [5.74, 6) is -1.17. The number of aryl methyl sites for hydroxylation is 1. The Bertz CT molecular complexity index is 1160. The third kappa shape index (κ3) is 4.49. The molecule has 0 saturated heterocycles. The fourth-order valence-corrected chi connectivity index (χ4v) is 3.67. The van der Waals surface area contributed by atoms with Crippen LogP contribution in [0, 0.1) is 6.92 Å². The van der Waals surface area contributed by atoms with Crippen LogP contribution in [0.5, 0.6) is 11.5 Å². The van der Waals surface area contributed by atoms with Crippen molar-refractivity contribution in [2.75, 3.05) is 13.7 Å². The maximum absolute atomic E-state index is 12.4. The minimum atomic E-state index is -0.698. The van der Waals surface area contributed by atoms with Crippen LogP contribution >= 0.6 is 22.9 Å². The molecule has 2 N–H and O–H groups in total. The van der Waals surface area contributed by atoms with Gasteiger partial charge in [-0.25, -0.2) is 9.78 Å². The van der Waals surface area contributed by atoms with E-state index >= 15 is 0 Å². The fourth-order valence-electron chi connectivity index (χ4n) is 2.52. The number of hydrogen-bond acceptors (Lipinski definition) is 8. The number of rotatable bonds is 7. The quantitative estimate of drug-likeness (QED) is 0.560. The summed E-state index contributed by atoms with van der Waals surface area (Å²) in [6, 6.07) is 3.99. The smallest absolute Gasteiger partial charge is 0.338 e. The topological polar surface area (TPSA) is 122 Å². The molecule has 0 atom stereocenters. The maximum Gasteiger partial charge on any atom is 0.338 e. The number of hydrogen-bond donors (Lipinski definition) is 1. The van der Waals surface area contributed by atoms with E-state index in [1.54, 1.807) is 6.92 Å². The summed E-state index contributed by atoms with van der Waals surface area (Å²) >= 11 is 7.45. The lowest BCUT2D eigenvalue weighted by Crippen LogP contribution is -2.20. The van der Waals surface area contributed by atoms with Crippen molar-refractivity contribution in [1.82, 2.24) is 9.38 Å². The first-order chi connectivity index (χ1) is 13.8. The zero-order valence-corrected chi connectivity index (χ0v) is 17.0. The monoisotopic (exact) mass is 437 g/mol. The van der Waals surface area contributed by atoms with Gasteiger partial charge in [-0.05, 0) is 19.1 Å². The van der Waals surface area contributed by atoms with Crippen LogP contribution in [0.4, 0.5) is 0 Å². The van der Waals surface area contributed by atoms with Crippen molar-refractivity contribution in [3.63, 3.8) is 0 Å². The summed E-state index contributed by atoms with van der Waals surface area (Å²) in [6.07, 6.45) is 0. The number of aromatic nitrogens is 2. The Balaban J connectivity index is 1.78. The number of methoxy groups -OCH3 is 1. The normalized spacial score (nSPS) is 10.7. The van der Waals surface area contributed by atoms with Gasteiger partial charge in [0.1, 0.15) is 6.61 Å².